The Bertz CT molecular complexity index is 7030. The van der Waals surface area contributed by atoms with Crippen LogP contribution in [-0.4, -0.2) is 11.8 Å². The fraction of sp³-hybridized carbons (Fsp3) is 0.0312. The second-order valence-electron chi connectivity index (χ2n) is 28.3. The van der Waals surface area contributed by atoms with Crippen molar-refractivity contribution in [1.82, 2.24) is 4.58 Å². The number of allylic oxidation sites excluding steroid dienone is 16. The van der Waals surface area contributed by atoms with Crippen molar-refractivity contribution in [2.45, 2.75) is 6.04 Å². The second kappa shape index (κ2) is 20.8. The van der Waals surface area contributed by atoms with E-state index in [0.29, 0.717) is 0 Å². The summed E-state index contributed by atoms with van der Waals surface area (Å²) in [6.07, 6.45) is 32.8. The number of furan rings is 2. The molecule has 478 valence electrons. The summed E-state index contributed by atoms with van der Waals surface area (Å²) in [5.41, 5.74) is 28.7. The summed E-state index contributed by atoms with van der Waals surface area (Å²) < 4.78 is 18.4. The van der Waals surface area contributed by atoms with Gasteiger partial charge in [-0.3, -0.25) is 0 Å². The van der Waals surface area contributed by atoms with Gasteiger partial charge < -0.3 is 23.5 Å². The molecule has 0 fully saturated rings. The normalized spacial score (nSPS) is 18.1. The van der Waals surface area contributed by atoms with Gasteiger partial charge in [0, 0.05) is 99.0 Å². The van der Waals surface area contributed by atoms with E-state index in [9.17, 15) is 0 Å². The Morgan fingerprint density at radius 3 is 1.64 bits per heavy atom. The number of para-hydroxylation sites is 8. The number of rotatable bonds is 6. The summed E-state index contributed by atoms with van der Waals surface area (Å²) in [5.74, 6) is 0.375. The molecule has 3 aromatic heterocycles. The van der Waals surface area contributed by atoms with Crippen molar-refractivity contribution in [2.24, 2.45) is 11.8 Å². The molecule has 16 aromatic rings. The average molecular weight is 1330 g/mol. The quantitative estimate of drug-likeness (QED) is 0.123. The molecule has 24 rings (SSSR count). The first-order valence-electron chi connectivity index (χ1n) is 35.6. The SMILES string of the molecule is C1=CC2=CC=CC3=C4C=c5sc6cc7c(cc6c5=C5C=CC=C(C(=C1)C23)C45)N(c1ccccc1)C1C=CC=CC1=[N+]7c1cc(-c2ccc3oc4ccccc4c3c2)c2ccc3c(N4c5ccccc5N(c5ccccc5)c5ccccc54)cc(-c4ccc5oc6ccccc6c5c4)c4ccc1c2c43. The molecule has 5 heterocycles. The lowest BCUT2D eigenvalue weighted by Crippen LogP contribution is -2.44. The Balaban J connectivity index is 0.828. The van der Waals surface area contributed by atoms with E-state index in [0.717, 1.165) is 134 Å². The summed E-state index contributed by atoms with van der Waals surface area (Å²) in [4.78, 5) is 7.56. The van der Waals surface area contributed by atoms with Crippen LogP contribution in [0.4, 0.5) is 56.9 Å². The number of benzene rings is 13. The maximum atomic E-state index is 6.63. The number of thiophene rings is 1. The maximum absolute atomic E-state index is 6.63. The van der Waals surface area contributed by atoms with Gasteiger partial charge in [0.15, 0.2) is 0 Å². The third kappa shape index (κ3) is 7.67. The standard InChI is InChI=1S/C96H57N4O2S/c1-3-22-58(23-4-1)97-76-32-9-12-35-79(76)99(80-36-13-10-33-77(80)97)82-50-70(56-40-46-88-72(48-56)60-26-7-15-38-86(60)101-88)65-43-45-68-83(51-71(66-42-44-67(82)95(65)96(66)68)57-41-47-89-73(49-57)61-27-8-16-39-87(61)102-89)100-81-37-14-11-34-78(81)98(59-24-5-2-6-25-59)84-52-75-90(54-85(84)100)103-91-53-74-64-29-18-21-55-20-17-28-62(92(55)64)63-30-19-31-69(93(63)74)94(75)91/h1-54,78,92-93H/q+1. The molecule has 0 spiro atoms. The number of nitrogens with zero attached hydrogens (tertiary/aromatic N) is 4. The number of hydrogen-bond donors (Lipinski definition) is 0. The molecular weight excluding hydrogens is 1270 g/mol. The summed E-state index contributed by atoms with van der Waals surface area (Å²) in [6.45, 7) is 0. The zero-order valence-electron chi connectivity index (χ0n) is 55.4. The molecule has 0 saturated heterocycles. The molecule has 7 heteroatoms. The lowest BCUT2D eigenvalue weighted by atomic mass is 9.61. The average Bonchev–Trinajstić information content (AvgIpc) is 1.65. The summed E-state index contributed by atoms with van der Waals surface area (Å²) in [5, 5.41) is 14.0. The first kappa shape index (κ1) is 55.8. The Kier molecular flexibility index (Phi) is 11.2. The van der Waals surface area contributed by atoms with E-state index in [4.69, 9.17) is 8.83 Å². The van der Waals surface area contributed by atoms with Gasteiger partial charge in [0.1, 0.15) is 34.1 Å². The van der Waals surface area contributed by atoms with E-state index in [1.807, 2.05) is 11.3 Å². The minimum absolute atomic E-state index is 0.139. The lowest BCUT2D eigenvalue weighted by Gasteiger charge is -2.42. The lowest BCUT2D eigenvalue weighted by molar-refractivity contribution is 0.668. The van der Waals surface area contributed by atoms with Crippen LogP contribution in [0.1, 0.15) is 0 Å². The van der Waals surface area contributed by atoms with Crippen LogP contribution in [0.15, 0.2) is 358 Å². The van der Waals surface area contributed by atoms with Gasteiger partial charge in [-0.25, -0.2) is 0 Å². The van der Waals surface area contributed by atoms with Crippen molar-refractivity contribution in [1.29, 1.82) is 0 Å². The van der Waals surface area contributed by atoms with Gasteiger partial charge in [-0.1, -0.05) is 200 Å². The molecule has 3 unspecified atom stereocenters. The van der Waals surface area contributed by atoms with Crippen LogP contribution >= 0.6 is 11.3 Å². The summed E-state index contributed by atoms with van der Waals surface area (Å²) in [7, 11) is 0. The second-order valence-corrected chi connectivity index (χ2v) is 29.3. The van der Waals surface area contributed by atoms with Crippen LogP contribution in [0.25, 0.3) is 120 Å². The van der Waals surface area contributed by atoms with Crippen molar-refractivity contribution in [3.63, 3.8) is 0 Å². The zero-order chi connectivity index (χ0) is 66.9. The van der Waals surface area contributed by atoms with Crippen molar-refractivity contribution in [3.05, 3.63) is 359 Å². The number of anilines is 8. The Morgan fingerprint density at radius 1 is 0.359 bits per heavy atom. The van der Waals surface area contributed by atoms with Gasteiger partial charge in [0.05, 0.1) is 33.8 Å². The van der Waals surface area contributed by atoms with Crippen LogP contribution in [0, 0.1) is 11.8 Å². The molecule has 0 radical (unpaired) electrons. The van der Waals surface area contributed by atoms with Crippen LogP contribution in [0.3, 0.4) is 0 Å². The predicted molar refractivity (Wildman–Crippen MR) is 430 cm³/mol. The molecular formula is C96H57N4O2S+. The van der Waals surface area contributed by atoms with Crippen LogP contribution in [0.2, 0.25) is 0 Å². The highest BCUT2D eigenvalue weighted by atomic mass is 32.1. The fourth-order valence-corrected chi connectivity index (χ4v) is 20.1. The van der Waals surface area contributed by atoms with Crippen LogP contribution in [0.5, 0.6) is 0 Å². The Hall–Kier alpha value is -13.1. The fourth-order valence-electron chi connectivity index (χ4n) is 18.9. The summed E-state index contributed by atoms with van der Waals surface area (Å²) in [6, 6.07) is 90.0. The topological polar surface area (TPSA) is 39.0 Å². The maximum Gasteiger partial charge on any atom is 0.236 e. The first-order valence-corrected chi connectivity index (χ1v) is 36.4. The molecule has 0 bridgehead atoms. The van der Waals surface area contributed by atoms with Crippen molar-refractivity contribution < 1.29 is 8.83 Å². The molecule has 8 aliphatic rings. The zero-order valence-corrected chi connectivity index (χ0v) is 56.2. The molecule has 6 nitrogen and oxygen atoms in total. The molecule has 103 heavy (non-hydrogen) atoms. The van der Waals surface area contributed by atoms with E-state index in [2.05, 4.69) is 347 Å². The highest BCUT2D eigenvalue weighted by molar-refractivity contribution is 7.17. The monoisotopic (exact) mass is 1330 g/mol. The van der Waals surface area contributed by atoms with Crippen molar-refractivity contribution in [2.75, 3.05) is 14.7 Å². The van der Waals surface area contributed by atoms with E-state index in [1.54, 1.807) is 0 Å². The molecule has 0 N–H and O–H groups in total. The van der Waals surface area contributed by atoms with Gasteiger partial charge in [-0.05, 0) is 176 Å². The smallest absolute Gasteiger partial charge is 0.236 e. The highest BCUT2D eigenvalue weighted by Gasteiger charge is 2.45. The molecule has 13 aromatic carbocycles. The minimum atomic E-state index is -0.175. The minimum Gasteiger partial charge on any atom is -0.456 e. The molecule has 0 amide bonds. The van der Waals surface area contributed by atoms with Gasteiger partial charge >= 0.3 is 0 Å². The van der Waals surface area contributed by atoms with Gasteiger partial charge in [0.25, 0.3) is 0 Å². The van der Waals surface area contributed by atoms with E-state index < -0.39 is 0 Å². The molecule has 0 saturated carbocycles. The van der Waals surface area contributed by atoms with E-state index in [-0.39, 0.29) is 17.9 Å². The van der Waals surface area contributed by atoms with Gasteiger partial charge in [-0.2, -0.15) is 4.58 Å². The largest absolute Gasteiger partial charge is 0.456 e. The molecule has 3 atom stereocenters. The van der Waals surface area contributed by atoms with Gasteiger partial charge in [-0.15, -0.1) is 11.3 Å². The van der Waals surface area contributed by atoms with Crippen LogP contribution < -0.4 is 29.0 Å². The first-order chi connectivity index (χ1) is 51.1. The predicted octanol–water partition coefficient (Wildman–Crippen LogP) is 24.1. The number of hydrogen-bond acceptors (Lipinski definition) is 6. The third-order valence-electron chi connectivity index (χ3n) is 23.1. The third-order valence-corrected chi connectivity index (χ3v) is 24.2. The van der Waals surface area contributed by atoms with E-state index >= 15 is 0 Å². The Morgan fingerprint density at radius 2 is 0.932 bits per heavy atom. The number of fused-ring (bicyclic) bond motifs is 14. The molecule has 6 aliphatic carbocycles. The van der Waals surface area contributed by atoms with E-state index in [1.165, 1.54) is 80.5 Å². The van der Waals surface area contributed by atoms with Crippen molar-refractivity contribution >= 4 is 172 Å². The highest BCUT2D eigenvalue weighted by Crippen LogP contribution is 2.60. The molecule has 2 aliphatic heterocycles. The van der Waals surface area contributed by atoms with Gasteiger partial charge in [0.2, 0.25) is 17.1 Å². The van der Waals surface area contributed by atoms with Crippen molar-refractivity contribution in [3.8, 4) is 22.3 Å². The summed E-state index contributed by atoms with van der Waals surface area (Å²) >= 11 is 1.94. The van der Waals surface area contributed by atoms with Crippen LogP contribution in [-0.2, 0) is 0 Å². The Labute approximate surface area is 595 Å².